The van der Waals surface area contributed by atoms with E-state index in [4.69, 9.17) is 4.74 Å². The molecule has 2 heterocycles. The number of rotatable bonds is 4. The summed E-state index contributed by atoms with van der Waals surface area (Å²) < 4.78 is 7.40. The van der Waals surface area contributed by atoms with Crippen LogP contribution in [0.1, 0.15) is 23.4 Å². The minimum absolute atomic E-state index is 0.0310. The Balaban J connectivity index is 1.50. The Hall–Kier alpha value is -2.37. The van der Waals surface area contributed by atoms with E-state index < -0.39 is 0 Å². The van der Waals surface area contributed by atoms with Crippen molar-refractivity contribution in [3.63, 3.8) is 0 Å². The van der Waals surface area contributed by atoms with E-state index in [-0.39, 0.29) is 18.6 Å². The van der Waals surface area contributed by atoms with Gasteiger partial charge in [0.15, 0.2) is 6.61 Å². The fourth-order valence-electron chi connectivity index (χ4n) is 2.58. The first-order chi connectivity index (χ1) is 10.6. The summed E-state index contributed by atoms with van der Waals surface area (Å²) in [5.74, 6) is 1.60. The standard InChI is InChI=1S/C16H20N4O2/c1-11-3-5-14(7-12(11)2)22-9-16(21)19-13-4-6-15-17-10-18-20(15)8-13/h3,5,7,10,13H,4,6,8-9H2,1-2H3,(H,19,21). The van der Waals surface area contributed by atoms with E-state index >= 15 is 0 Å². The van der Waals surface area contributed by atoms with E-state index in [0.29, 0.717) is 6.54 Å². The van der Waals surface area contributed by atoms with Gasteiger partial charge in [-0.1, -0.05) is 6.07 Å². The molecule has 0 spiro atoms. The number of fused-ring (bicyclic) bond motifs is 1. The van der Waals surface area contributed by atoms with Gasteiger partial charge in [0.05, 0.1) is 6.54 Å². The van der Waals surface area contributed by atoms with Crippen molar-refractivity contribution in [2.75, 3.05) is 6.61 Å². The second-order valence-corrected chi connectivity index (χ2v) is 5.70. The Bertz CT molecular complexity index is 681. The van der Waals surface area contributed by atoms with Crippen LogP contribution in [0, 0.1) is 13.8 Å². The Morgan fingerprint density at radius 3 is 3.09 bits per heavy atom. The van der Waals surface area contributed by atoms with E-state index in [9.17, 15) is 4.79 Å². The minimum atomic E-state index is -0.105. The van der Waals surface area contributed by atoms with Gasteiger partial charge < -0.3 is 10.1 Å². The molecular formula is C16H20N4O2. The molecule has 1 aromatic carbocycles. The first-order valence-corrected chi connectivity index (χ1v) is 7.48. The summed E-state index contributed by atoms with van der Waals surface area (Å²) in [4.78, 5) is 16.2. The van der Waals surface area contributed by atoms with Crippen molar-refractivity contribution in [1.29, 1.82) is 0 Å². The molecule has 0 saturated carbocycles. The third kappa shape index (κ3) is 3.27. The molecular weight excluding hydrogens is 280 g/mol. The molecule has 0 fully saturated rings. The molecule has 1 amide bonds. The highest BCUT2D eigenvalue weighted by molar-refractivity contribution is 5.77. The maximum atomic E-state index is 12.0. The maximum absolute atomic E-state index is 12.0. The van der Waals surface area contributed by atoms with Gasteiger partial charge >= 0.3 is 0 Å². The van der Waals surface area contributed by atoms with Gasteiger partial charge in [-0.15, -0.1) is 0 Å². The topological polar surface area (TPSA) is 69.0 Å². The lowest BCUT2D eigenvalue weighted by Gasteiger charge is -2.23. The Morgan fingerprint density at radius 2 is 2.27 bits per heavy atom. The van der Waals surface area contributed by atoms with Crippen LogP contribution in [0.4, 0.5) is 0 Å². The van der Waals surface area contributed by atoms with E-state index in [1.807, 2.05) is 36.7 Å². The fraction of sp³-hybridized carbons (Fsp3) is 0.438. The van der Waals surface area contributed by atoms with Gasteiger partial charge in [-0.05, 0) is 43.5 Å². The van der Waals surface area contributed by atoms with Crippen LogP contribution in [0.15, 0.2) is 24.5 Å². The largest absolute Gasteiger partial charge is 0.484 e. The van der Waals surface area contributed by atoms with Gasteiger partial charge in [-0.2, -0.15) is 5.10 Å². The zero-order valence-electron chi connectivity index (χ0n) is 12.9. The van der Waals surface area contributed by atoms with Gasteiger partial charge in [-0.3, -0.25) is 4.79 Å². The lowest BCUT2D eigenvalue weighted by Crippen LogP contribution is -2.43. The molecule has 0 saturated heterocycles. The molecule has 6 heteroatoms. The molecule has 3 rings (SSSR count). The number of nitrogens with zero attached hydrogens (tertiary/aromatic N) is 3. The number of carbonyl (C=O) groups is 1. The Morgan fingerprint density at radius 1 is 1.41 bits per heavy atom. The highest BCUT2D eigenvalue weighted by Crippen LogP contribution is 2.16. The highest BCUT2D eigenvalue weighted by atomic mass is 16.5. The highest BCUT2D eigenvalue weighted by Gasteiger charge is 2.21. The van der Waals surface area contributed by atoms with Crippen molar-refractivity contribution >= 4 is 5.91 Å². The van der Waals surface area contributed by atoms with Gasteiger partial charge in [0.1, 0.15) is 17.9 Å². The third-order valence-corrected chi connectivity index (χ3v) is 4.02. The summed E-state index contributed by atoms with van der Waals surface area (Å²) >= 11 is 0. The molecule has 6 nitrogen and oxygen atoms in total. The van der Waals surface area contributed by atoms with Crippen molar-refractivity contribution < 1.29 is 9.53 Å². The normalized spacial score (nSPS) is 16.9. The summed E-state index contributed by atoms with van der Waals surface area (Å²) in [6.07, 6.45) is 3.28. The molecule has 0 aliphatic carbocycles. The number of ether oxygens (including phenoxy) is 1. The van der Waals surface area contributed by atoms with Crippen LogP contribution in [0.2, 0.25) is 0 Å². The molecule has 1 unspecified atom stereocenters. The molecule has 116 valence electrons. The van der Waals surface area contributed by atoms with Crippen molar-refractivity contribution in [2.45, 2.75) is 39.3 Å². The number of carbonyl (C=O) groups excluding carboxylic acids is 1. The number of hydrogen-bond donors (Lipinski definition) is 1. The molecule has 22 heavy (non-hydrogen) atoms. The second-order valence-electron chi connectivity index (χ2n) is 5.70. The average Bonchev–Trinajstić information content (AvgIpc) is 2.96. The lowest BCUT2D eigenvalue weighted by molar-refractivity contribution is -0.124. The molecule has 1 aromatic heterocycles. The van der Waals surface area contributed by atoms with Crippen LogP contribution in [0.25, 0.3) is 0 Å². The number of benzene rings is 1. The minimum Gasteiger partial charge on any atom is -0.484 e. The van der Waals surface area contributed by atoms with Gasteiger partial charge in [0.25, 0.3) is 5.91 Å². The summed E-state index contributed by atoms with van der Waals surface area (Å²) in [6, 6.07) is 5.92. The van der Waals surface area contributed by atoms with Crippen molar-refractivity contribution in [1.82, 2.24) is 20.1 Å². The molecule has 1 N–H and O–H groups in total. The van der Waals surface area contributed by atoms with Crippen LogP contribution in [0.5, 0.6) is 5.75 Å². The first-order valence-electron chi connectivity index (χ1n) is 7.48. The predicted molar refractivity (Wildman–Crippen MR) is 81.7 cm³/mol. The van der Waals surface area contributed by atoms with Crippen molar-refractivity contribution in [2.24, 2.45) is 0 Å². The smallest absolute Gasteiger partial charge is 0.258 e. The Kier molecular flexibility index (Phi) is 4.09. The summed E-state index contributed by atoms with van der Waals surface area (Å²) in [5, 5.41) is 7.14. The van der Waals surface area contributed by atoms with Crippen molar-refractivity contribution in [3.8, 4) is 5.75 Å². The summed E-state index contributed by atoms with van der Waals surface area (Å²) in [6.45, 7) is 4.78. The van der Waals surface area contributed by atoms with E-state index in [1.165, 1.54) is 5.56 Å². The van der Waals surface area contributed by atoms with E-state index in [2.05, 4.69) is 15.4 Å². The first kappa shape index (κ1) is 14.6. The second kappa shape index (κ2) is 6.17. The quantitative estimate of drug-likeness (QED) is 0.927. The molecule has 0 radical (unpaired) electrons. The monoisotopic (exact) mass is 300 g/mol. The van der Waals surface area contributed by atoms with Crippen LogP contribution in [-0.2, 0) is 17.8 Å². The number of amides is 1. The number of aromatic nitrogens is 3. The van der Waals surface area contributed by atoms with Crippen LogP contribution < -0.4 is 10.1 Å². The number of aryl methyl sites for hydroxylation is 3. The summed E-state index contributed by atoms with van der Waals surface area (Å²) in [7, 11) is 0. The van der Waals surface area contributed by atoms with E-state index in [1.54, 1.807) is 6.33 Å². The SMILES string of the molecule is Cc1ccc(OCC(=O)NC2CCc3ncnn3C2)cc1C. The molecule has 1 aliphatic rings. The molecule has 1 aliphatic heterocycles. The fourth-order valence-corrected chi connectivity index (χ4v) is 2.58. The zero-order chi connectivity index (χ0) is 15.5. The molecule has 1 atom stereocenters. The average molecular weight is 300 g/mol. The lowest BCUT2D eigenvalue weighted by atomic mass is 10.1. The van der Waals surface area contributed by atoms with E-state index in [0.717, 1.165) is 30.0 Å². The zero-order valence-corrected chi connectivity index (χ0v) is 12.9. The Labute approximate surface area is 129 Å². The number of nitrogens with one attached hydrogen (secondary N) is 1. The maximum Gasteiger partial charge on any atom is 0.258 e. The van der Waals surface area contributed by atoms with Crippen LogP contribution in [0.3, 0.4) is 0 Å². The molecule has 0 bridgehead atoms. The molecule has 2 aromatic rings. The third-order valence-electron chi connectivity index (χ3n) is 4.02. The van der Waals surface area contributed by atoms with Crippen LogP contribution in [-0.4, -0.2) is 33.3 Å². The predicted octanol–water partition coefficient (Wildman–Crippen LogP) is 1.40. The van der Waals surface area contributed by atoms with Gasteiger partial charge in [0.2, 0.25) is 0 Å². The summed E-state index contributed by atoms with van der Waals surface area (Å²) in [5.41, 5.74) is 2.37. The van der Waals surface area contributed by atoms with Gasteiger partial charge in [-0.25, -0.2) is 9.67 Å². The van der Waals surface area contributed by atoms with Crippen LogP contribution >= 0.6 is 0 Å². The number of hydrogen-bond acceptors (Lipinski definition) is 4. The van der Waals surface area contributed by atoms with Crippen molar-refractivity contribution in [3.05, 3.63) is 41.5 Å². The van der Waals surface area contributed by atoms with Gasteiger partial charge in [0, 0.05) is 12.5 Å².